The summed E-state index contributed by atoms with van der Waals surface area (Å²) in [6.45, 7) is 9.89. The van der Waals surface area contributed by atoms with Gasteiger partial charge >= 0.3 is 0 Å². The molecule has 4 fully saturated rings. The first kappa shape index (κ1) is 26.3. The Morgan fingerprint density at radius 2 is 1.68 bits per heavy atom. The van der Waals surface area contributed by atoms with E-state index in [1.165, 1.54) is 44.9 Å². The summed E-state index contributed by atoms with van der Waals surface area (Å²) in [5.41, 5.74) is 6.40. The highest BCUT2D eigenvalue weighted by atomic mass is 16.3. The maximum absolute atomic E-state index is 11.8. The van der Waals surface area contributed by atoms with Gasteiger partial charge in [-0.3, -0.25) is 0 Å². The molecule has 5 unspecified atom stereocenters. The highest BCUT2D eigenvalue weighted by Crippen LogP contribution is 2.69. The van der Waals surface area contributed by atoms with Crippen LogP contribution in [0.4, 0.5) is 0 Å². The Kier molecular flexibility index (Phi) is 7.94. The molecule has 4 aliphatic rings. The van der Waals surface area contributed by atoms with Crippen LogP contribution in [-0.4, -0.2) is 28.3 Å². The van der Waals surface area contributed by atoms with Crippen molar-refractivity contribution < 1.29 is 10.2 Å². The minimum atomic E-state index is -0.188. The summed E-state index contributed by atoms with van der Waals surface area (Å²) in [6, 6.07) is 0. The zero-order valence-corrected chi connectivity index (χ0v) is 22.4. The quantitative estimate of drug-likeness (QED) is 0.123. The van der Waals surface area contributed by atoms with Crippen LogP contribution >= 0.6 is 0 Å². The van der Waals surface area contributed by atoms with E-state index >= 15 is 0 Å². The predicted molar refractivity (Wildman–Crippen MR) is 140 cm³/mol. The predicted octanol–water partition coefficient (Wildman–Crippen LogP) is 5.43. The van der Waals surface area contributed by atoms with Gasteiger partial charge in [0, 0.05) is 6.42 Å². The van der Waals surface area contributed by atoms with Gasteiger partial charge in [0.15, 0.2) is 0 Å². The molecule has 11 atom stereocenters. The molecule has 0 heterocycles. The van der Waals surface area contributed by atoms with E-state index in [0.717, 1.165) is 50.4 Å². The van der Waals surface area contributed by atoms with Gasteiger partial charge in [-0.1, -0.05) is 53.4 Å². The van der Waals surface area contributed by atoms with E-state index in [1.54, 1.807) is 0 Å². The zero-order valence-electron chi connectivity index (χ0n) is 22.4. The van der Waals surface area contributed by atoms with E-state index < -0.39 is 0 Å². The highest BCUT2D eigenvalue weighted by molar-refractivity contribution is 5.79. The van der Waals surface area contributed by atoms with Gasteiger partial charge in [0.25, 0.3) is 0 Å². The van der Waals surface area contributed by atoms with Crippen LogP contribution in [0.1, 0.15) is 111 Å². The second-order valence-corrected chi connectivity index (χ2v) is 13.3. The first-order valence-corrected chi connectivity index (χ1v) is 14.6. The Morgan fingerprint density at radius 1 is 0.971 bits per heavy atom. The molecule has 0 bridgehead atoms. The van der Waals surface area contributed by atoms with Crippen molar-refractivity contribution in [3.05, 3.63) is 0 Å². The third kappa shape index (κ3) is 4.42. The molecule has 0 spiro atoms. The molecule has 6 N–H and O–H groups in total. The van der Waals surface area contributed by atoms with Gasteiger partial charge in [-0.05, 0) is 104 Å². The fourth-order valence-corrected chi connectivity index (χ4v) is 10.1. The van der Waals surface area contributed by atoms with Gasteiger partial charge in [-0.15, -0.1) is 0 Å². The third-order valence-corrected chi connectivity index (χ3v) is 11.9. The number of unbranched alkanes of at least 4 members (excludes halogenated alkanes) is 2. The molecule has 4 rings (SSSR count). The van der Waals surface area contributed by atoms with E-state index in [0.29, 0.717) is 46.3 Å². The van der Waals surface area contributed by atoms with E-state index in [1.807, 2.05) is 0 Å². The molecule has 0 aliphatic heterocycles. The lowest BCUT2D eigenvalue weighted by atomic mass is 9.41. The van der Waals surface area contributed by atoms with Crippen molar-refractivity contribution in [3.63, 3.8) is 0 Å². The molecule has 34 heavy (non-hydrogen) atoms. The number of aliphatic hydroxyl groups is 2. The van der Waals surface area contributed by atoms with Crippen molar-refractivity contribution in [2.24, 2.45) is 68.9 Å². The number of nitrogens with zero attached hydrogens (tertiary/aromatic N) is 1. The molecule has 0 aromatic carbocycles. The SMILES string of the molecule is CC[C@@H]1C2C[C@H](O)CCC2(C)[C@H]2CCC3(C)C([C@H](C)CCCCC/C(N)=N/N)CC[C@H]3C2[C@@H]1O. The molecule has 0 amide bonds. The van der Waals surface area contributed by atoms with Crippen molar-refractivity contribution in [2.45, 2.75) is 123 Å². The standard InChI is InChI=1S/C29H53N3O2/c1-5-20-24-17-19(33)13-15-29(24,4)23-14-16-28(3)21(11-12-22(28)26(23)27(20)34)18(2)9-7-6-8-10-25(30)32-31/h18-24,26-27,33-34H,5-17,31H2,1-4H3,(H2,30,32)/t18-,19-,20-,21?,22+,23+,24?,26?,27-,28?,29?/m1/s1. The molecule has 4 saturated carbocycles. The number of rotatable bonds is 8. The van der Waals surface area contributed by atoms with Crippen molar-refractivity contribution in [2.75, 3.05) is 0 Å². The van der Waals surface area contributed by atoms with Crippen LogP contribution < -0.4 is 11.6 Å². The van der Waals surface area contributed by atoms with Gasteiger partial charge in [0.2, 0.25) is 0 Å². The van der Waals surface area contributed by atoms with Crippen molar-refractivity contribution >= 4 is 5.84 Å². The number of hydrazone groups is 1. The first-order valence-electron chi connectivity index (χ1n) is 14.6. The largest absolute Gasteiger partial charge is 0.393 e. The van der Waals surface area contributed by atoms with Crippen molar-refractivity contribution in [3.8, 4) is 0 Å². The zero-order chi connectivity index (χ0) is 24.7. The molecule has 0 saturated heterocycles. The minimum Gasteiger partial charge on any atom is -0.393 e. The summed E-state index contributed by atoms with van der Waals surface area (Å²) in [7, 11) is 0. The molecule has 4 aliphatic carbocycles. The summed E-state index contributed by atoms with van der Waals surface area (Å²) in [5.74, 6) is 9.91. The van der Waals surface area contributed by atoms with Crippen molar-refractivity contribution in [1.29, 1.82) is 0 Å². The van der Waals surface area contributed by atoms with Gasteiger partial charge in [-0.2, -0.15) is 5.10 Å². The normalized spacial score (nSPS) is 47.5. The Balaban J connectivity index is 1.45. The molecule has 0 radical (unpaired) electrons. The van der Waals surface area contributed by atoms with Crippen molar-refractivity contribution in [1.82, 2.24) is 0 Å². The number of nitrogens with two attached hydrogens (primary N) is 2. The summed E-state index contributed by atoms with van der Waals surface area (Å²) >= 11 is 0. The number of amidine groups is 1. The molecule has 196 valence electrons. The second kappa shape index (κ2) is 10.3. The van der Waals surface area contributed by atoms with Crippen LogP contribution in [0.3, 0.4) is 0 Å². The monoisotopic (exact) mass is 475 g/mol. The maximum atomic E-state index is 11.8. The Morgan fingerprint density at radius 3 is 2.38 bits per heavy atom. The van der Waals surface area contributed by atoms with Gasteiger partial charge < -0.3 is 21.8 Å². The summed E-state index contributed by atoms with van der Waals surface area (Å²) in [6.07, 6.45) is 14.5. The summed E-state index contributed by atoms with van der Waals surface area (Å²) < 4.78 is 0. The number of hydrogen-bond donors (Lipinski definition) is 4. The Labute approximate surface area is 208 Å². The number of hydrogen-bond acceptors (Lipinski definition) is 4. The topological polar surface area (TPSA) is 105 Å². The Hall–Kier alpha value is -0.810. The fraction of sp³-hybridized carbons (Fsp3) is 0.966. The summed E-state index contributed by atoms with van der Waals surface area (Å²) in [4.78, 5) is 0. The average Bonchev–Trinajstić information content (AvgIpc) is 3.17. The Bertz CT molecular complexity index is 728. The van der Waals surface area contributed by atoms with E-state index in [2.05, 4.69) is 32.8 Å². The van der Waals surface area contributed by atoms with E-state index in [-0.39, 0.29) is 12.2 Å². The highest BCUT2D eigenvalue weighted by Gasteiger charge is 2.64. The lowest BCUT2D eigenvalue weighted by molar-refractivity contribution is -0.203. The number of fused-ring (bicyclic) bond motifs is 5. The molecular weight excluding hydrogens is 422 g/mol. The average molecular weight is 476 g/mol. The molecule has 5 nitrogen and oxygen atoms in total. The molecule has 5 heteroatoms. The van der Waals surface area contributed by atoms with E-state index in [9.17, 15) is 10.2 Å². The van der Waals surface area contributed by atoms with Gasteiger partial charge in [-0.25, -0.2) is 0 Å². The van der Waals surface area contributed by atoms with Gasteiger partial charge in [0.1, 0.15) is 5.84 Å². The smallest absolute Gasteiger partial charge is 0.119 e. The van der Waals surface area contributed by atoms with Gasteiger partial charge in [0.05, 0.1) is 12.2 Å². The molecule has 0 aromatic heterocycles. The minimum absolute atomic E-state index is 0.166. The van der Waals surface area contributed by atoms with Crippen LogP contribution in [0.2, 0.25) is 0 Å². The maximum Gasteiger partial charge on any atom is 0.119 e. The second-order valence-electron chi connectivity index (χ2n) is 13.3. The summed E-state index contributed by atoms with van der Waals surface area (Å²) in [5, 5.41) is 25.9. The van der Waals surface area contributed by atoms with Crippen LogP contribution in [0.5, 0.6) is 0 Å². The van der Waals surface area contributed by atoms with Crippen LogP contribution in [0, 0.1) is 52.3 Å². The third-order valence-electron chi connectivity index (χ3n) is 11.9. The van der Waals surface area contributed by atoms with E-state index in [4.69, 9.17) is 11.6 Å². The first-order chi connectivity index (χ1) is 16.2. The number of aliphatic hydroxyl groups excluding tert-OH is 2. The molecular formula is C29H53N3O2. The fourth-order valence-electron chi connectivity index (χ4n) is 10.1. The lowest BCUT2D eigenvalue weighted by Crippen LogP contribution is -2.62. The van der Waals surface area contributed by atoms with Crippen LogP contribution in [0.25, 0.3) is 0 Å². The molecule has 0 aromatic rings. The van der Waals surface area contributed by atoms with Crippen LogP contribution in [0.15, 0.2) is 5.10 Å². The lowest BCUT2D eigenvalue weighted by Gasteiger charge is -2.64. The van der Waals surface area contributed by atoms with Crippen LogP contribution in [-0.2, 0) is 0 Å².